The third-order valence-electron chi connectivity index (χ3n) is 3.79. The molecule has 2 rings (SSSR count). The van der Waals surface area contributed by atoms with Gasteiger partial charge in [0.05, 0.1) is 12.7 Å². The Morgan fingerprint density at radius 1 is 1.27 bits per heavy atom. The summed E-state index contributed by atoms with van der Waals surface area (Å²) in [6, 6.07) is 0.357. The first-order valence-corrected chi connectivity index (χ1v) is 6.44. The second-order valence-electron chi connectivity index (χ2n) is 4.99. The molecule has 1 heterocycles. The number of hydrogen-bond donors (Lipinski definition) is 2. The van der Waals surface area contributed by atoms with E-state index in [1.165, 1.54) is 32.1 Å². The molecule has 88 valence electrons. The van der Waals surface area contributed by atoms with E-state index in [0.717, 1.165) is 32.0 Å². The zero-order chi connectivity index (χ0) is 10.5. The van der Waals surface area contributed by atoms with Gasteiger partial charge in [0, 0.05) is 19.1 Å². The Balaban J connectivity index is 1.72. The van der Waals surface area contributed by atoms with E-state index in [1.54, 1.807) is 0 Å². The highest BCUT2D eigenvalue weighted by molar-refractivity contribution is 4.81. The molecular weight excluding hydrogens is 188 g/mol. The lowest BCUT2D eigenvalue weighted by molar-refractivity contribution is 0.0147. The van der Waals surface area contributed by atoms with Crippen LogP contribution < -0.4 is 11.1 Å². The van der Waals surface area contributed by atoms with Crippen LogP contribution in [0.25, 0.3) is 0 Å². The minimum Gasteiger partial charge on any atom is -0.376 e. The van der Waals surface area contributed by atoms with Crippen molar-refractivity contribution in [3.8, 4) is 0 Å². The normalized spacial score (nSPS) is 31.4. The maximum Gasteiger partial charge on any atom is 0.0714 e. The Labute approximate surface area is 92.7 Å². The molecule has 1 aliphatic carbocycles. The summed E-state index contributed by atoms with van der Waals surface area (Å²) in [4.78, 5) is 0. The second kappa shape index (κ2) is 5.83. The van der Waals surface area contributed by atoms with Crippen molar-refractivity contribution in [2.45, 2.75) is 50.7 Å². The lowest BCUT2D eigenvalue weighted by atomic mass is 9.82. The molecule has 3 nitrogen and oxygen atoms in total. The van der Waals surface area contributed by atoms with Gasteiger partial charge in [-0.25, -0.2) is 0 Å². The van der Waals surface area contributed by atoms with Crippen molar-refractivity contribution in [1.29, 1.82) is 0 Å². The Kier molecular flexibility index (Phi) is 4.42. The topological polar surface area (TPSA) is 47.3 Å². The van der Waals surface area contributed by atoms with Crippen molar-refractivity contribution in [2.24, 2.45) is 11.7 Å². The van der Waals surface area contributed by atoms with Crippen LogP contribution in [0.5, 0.6) is 0 Å². The van der Waals surface area contributed by atoms with Crippen LogP contribution in [0.4, 0.5) is 0 Å². The van der Waals surface area contributed by atoms with Crippen LogP contribution in [-0.4, -0.2) is 31.8 Å². The van der Waals surface area contributed by atoms with Gasteiger partial charge >= 0.3 is 0 Å². The molecule has 0 aromatic carbocycles. The Morgan fingerprint density at radius 2 is 2.07 bits per heavy atom. The van der Waals surface area contributed by atoms with E-state index in [1.807, 2.05) is 0 Å². The summed E-state index contributed by atoms with van der Waals surface area (Å²) in [5, 5.41) is 3.36. The van der Waals surface area contributed by atoms with Gasteiger partial charge in [-0.05, 0) is 25.2 Å². The number of morpholine rings is 1. The summed E-state index contributed by atoms with van der Waals surface area (Å²) >= 11 is 0. The molecule has 1 saturated carbocycles. The number of hydrogen-bond acceptors (Lipinski definition) is 3. The van der Waals surface area contributed by atoms with Crippen LogP contribution >= 0.6 is 0 Å². The maximum atomic E-state index is 6.27. The third kappa shape index (κ3) is 3.44. The van der Waals surface area contributed by atoms with Crippen LogP contribution in [0.1, 0.15) is 38.5 Å². The van der Waals surface area contributed by atoms with Gasteiger partial charge < -0.3 is 15.8 Å². The van der Waals surface area contributed by atoms with E-state index in [9.17, 15) is 0 Å². The van der Waals surface area contributed by atoms with Gasteiger partial charge in [-0.15, -0.1) is 0 Å². The molecule has 1 saturated heterocycles. The summed E-state index contributed by atoms with van der Waals surface area (Å²) in [6.07, 6.45) is 8.23. The summed E-state index contributed by atoms with van der Waals surface area (Å²) in [5.74, 6) is 0.754. The zero-order valence-corrected chi connectivity index (χ0v) is 9.58. The lowest BCUT2D eigenvalue weighted by Crippen LogP contribution is -2.43. The fourth-order valence-corrected chi connectivity index (χ4v) is 2.83. The van der Waals surface area contributed by atoms with Gasteiger partial charge in [0.25, 0.3) is 0 Å². The molecular formula is C12H24N2O. The summed E-state index contributed by atoms with van der Waals surface area (Å²) < 4.78 is 5.70. The van der Waals surface area contributed by atoms with E-state index in [4.69, 9.17) is 10.5 Å². The zero-order valence-electron chi connectivity index (χ0n) is 9.58. The predicted molar refractivity (Wildman–Crippen MR) is 61.8 cm³/mol. The highest BCUT2D eigenvalue weighted by Crippen LogP contribution is 2.27. The maximum absolute atomic E-state index is 6.27. The summed E-state index contributed by atoms with van der Waals surface area (Å²) in [6.45, 7) is 2.83. The average molecular weight is 212 g/mol. The van der Waals surface area contributed by atoms with Gasteiger partial charge in [-0.2, -0.15) is 0 Å². The van der Waals surface area contributed by atoms with E-state index < -0.39 is 0 Å². The number of ether oxygens (including phenoxy) is 1. The molecule has 2 fully saturated rings. The fourth-order valence-electron chi connectivity index (χ4n) is 2.83. The van der Waals surface area contributed by atoms with Gasteiger partial charge in [-0.1, -0.05) is 19.3 Å². The summed E-state index contributed by atoms with van der Waals surface area (Å²) in [5.41, 5.74) is 6.27. The first-order chi connectivity index (χ1) is 7.36. The average Bonchev–Trinajstić information content (AvgIpc) is 2.31. The van der Waals surface area contributed by atoms with Crippen molar-refractivity contribution in [3.05, 3.63) is 0 Å². The molecule has 3 heteroatoms. The molecule has 0 bridgehead atoms. The molecule has 2 aliphatic rings. The van der Waals surface area contributed by atoms with Crippen LogP contribution in [0.2, 0.25) is 0 Å². The first-order valence-electron chi connectivity index (χ1n) is 6.44. The van der Waals surface area contributed by atoms with Crippen molar-refractivity contribution >= 4 is 0 Å². The molecule has 0 amide bonds. The highest BCUT2D eigenvalue weighted by Gasteiger charge is 2.24. The molecule has 0 aromatic rings. The smallest absolute Gasteiger partial charge is 0.0714 e. The molecule has 0 aromatic heterocycles. The van der Waals surface area contributed by atoms with E-state index >= 15 is 0 Å². The molecule has 2 atom stereocenters. The van der Waals surface area contributed by atoms with Crippen molar-refractivity contribution in [3.63, 3.8) is 0 Å². The number of rotatable bonds is 3. The molecule has 15 heavy (non-hydrogen) atoms. The van der Waals surface area contributed by atoms with Gasteiger partial charge in [0.2, 0.25) is 0 Å². The molecule has 1 aliphatic heterocycles. The number of nitrogens with one attached hydrogen (secondary N) is 1. The van der Waals surface area contributed by atoms with Gasteiger partial charge in [0.15, 0.2) is 0 Å². The monoisotopic (exact) mass is 212 g/mol. The van der Waals surface area contributed by atoms with Crippen molar-refractivity contribution in [1.82, 2.24) is 5.32 Å². The molecule has 0 radical (unpaired) electrons. The Bertz CT molecular complexity index is 174. The van der Waals surface area contributed by atoms with Crippen LogP contribution in [-0.2, 0) is 4.74 Å². The summed E-state index contributed by atoms with van der Waals surface area (Å²) in [7, 11) is 0. The van der Waals surface area contributed by atoms with Crippen molar-refractivity contribution in [2.75, 3.05) is 19.7 Å². The fraction of sp³-hybridized carbons (Fsp3) is 1.00. The van der Waals surface area contributed by atoms with E-state index in [2.05, 4.69) is 5.32 Å². The highest BCUT2D eigenvalue weighted by atomic mass is 16.5. The SMILES string of the molecule is NC(CC1CNCCO1)C1CCCCC1. The van der Waals surface area contributed by atoms with Gasteiger partial charge in [0.1, 0.15) is 0 Å². The van der Waals surface area contributed by atoms with Crippen LogP contribution in [0.3, 0.4) is 0 Å². The predicted octanol–water partition coefficient (Wildman–Crippen LogP) is 1.27. The second-order valence-corrected chi connectivity index (χ2v) is 4.99. The standard InChI is InChI=1S/C12H24N2O/c13-12(10-4-2-1-3-5-10)8-11-9-14-6-7-15-11/h10-12,14H,1-9,13H2. The van der Waals surface area contributed by atoms with Crippen LogP contribution in [0, 0.1) is 5.92 Å². The minimum absolute atomic E-state index is 0.357. The van der Waals surface area contributed by atoms with Crippen LogP contribution in [0.15, 0.2) is 0 Å². The first kappa shape index (κ1) is 11.4. The van der Waals surface area contributed by atoms with E-state index in [0.29, 0.717) is 12.1 Å². The third-order valence-corrected chi connectivity index (χ3v) is 3.79. The minimum atomic E-state index is 0.357. The molecule has 3 N–H and O–H groups in total. The van der Waals surface area contributed by atoms with Gasteiger partial charge in [-0.3, -0.25) is 0 Å². The largest absolute Gasteiger partial charge is 0.376 e. The Hall–Kier alpha value is -0.120. The molecule has 0 spiro atoms. The Morgan fingerprint density at radius 3 is 2.73 bits per heavy atom. The number of nitrogens with two attached hydrogens (primary N) is 1. The quantitative estimate of drug-likeness (QED) is 0.740. The van der Waals surface area contributed by atoms with E-state index in [-0.39, 0.29) is 0 Å². The van der Waals surface area contributed by atoms with Crippen molar-refractivity contribution < 1.29 is 4.74 Å². The molecule has 2 unspecified atom stereocenters. The lowest BCUT2D eigenvalue weighted by Gasteiger charge is -2.31.